The van der Waals surface area contributed by atoms with Crippen LogP contribution in [0.1, 0.15) is 124 Å². The van der Waals surface area contributed by atoms with Gasteiger partial charge >= 0.3 is 0 Å². The van der Waals surface area contributed by atoms with Crippen molar-refractivity contribution in [2.45, 2.75) is 105 Å². The molecule has 4 aromatic carbocycles. The zero-order valence-corrected chi connectivity index (χ0v) is 43.1. The largest absolute Gasteiger partial charge is 0.508 e. The second kappa shape index (κ2) is 25.9. The summed E-state index contributed by atoms with van der Waals surface area (Å²) in [7, 11) is -6.64. The van der Waals surface area contributed by atoms with Crippen LogP contribution >= 0.6 is 0 Å². The molecule has 1 heterocycles. The molecule has 378 valence electrons. The smallest absolute Gasteiger partial charge is 0.300 e. The number of phenols is 2. The molecule has 1 saturated carbocycles. The third kappa shape index (κ3) is 18.1. The third-order valence-corrected chi connectivity index (χ3v) is 13.3. The molecule has 7 N–H and O–H groups in total. The number of carboxylic acids is 1. The number of carbonyl (C=O) groups excluding carboxylic acids is 5. The number of ketones is 4. The number of phenolic OH excluding ortho intramolecular Hbond substituents is 2. The van der Waals surface area contributed by atoms with Gasteiger partial charge in [-0.1, -0.05) is 59.7 Å². The van der Waals surface area contributed by atoms with Crippen molar-refractivity contribution in [1.82, 2.24) is 11.5 Å². The van der Waals surface area contributed by atoms with Gasteiger partial charge in [0.1, 0.15) is 40.9 Å². The number of nitrogens with one attached hydrogen (secondary N) is 1. The van der Waals surface area contributed by atoms with E-state index in [9.17, 15) is 45.9 Å². The van der Waals surface area contributed by atoms with E-state index in [1.807, 2.05) is 0 Å². The highest BCUT2D eigenvalue weighted by Gasteiger charge is 2.40. The molecule has 0 radical (unpaired) electrons. The van der Waals surface area contributed by atoms with Gasteiger partial charge in [-0.05, 0) is 130 Å². The van der Waals surface area contributed by atoms with Crippen LogP contribution in [0.2, 0.25) is 0 Å². The van der Waals surface area contributed by atoms with Crippen molar-refractivity contribution in [2.75, 3.05) is 18.3 Å². The Hall–Kier alpha value is -6.56. The molecule has 2 unspecified atom stereocenters. The van der Waals surface area contributed by atoms with Gasteiger partial charge < -0.3 is 26.8 Å². The fourth-order valence-corrected chi connectivity index (χ4v) is 10.9. The number of Topliss-reactive ketones (excluding diaryl/α,β-unsaturated/α-hetero) is 4. The summed E-state index contributed by atoms with van der Waals surface area (Å²) in [5.41, 5.74) is 11.9. The first-order valence-electron chi connectivity index (χ1n) is 22.0. The predicted molar refractivity (Wildman–Crippen MR) is 271 cm³/mol. The lowest BCUT2D eigenvalue weighted by Crippen LogP contribution is -2.33. The van der Waals surface area contributed by atoms with Gasteiger partial charge in [-0.15, -0.1) is 0 Å². The second-order valence-electron chi connectivity index (χ2n) is 17.9. The molecule has 0 bridgehead atoms. The number of aldehydes is 1. The van der Waals surface area contributed by atoms with Crippen molar-refractivity contribution in [3.8, 4) is 11.5 Å². The number of carbonyl (C=O) groups is 6. The highest BCUT2D eigenvalue weighted by Crippen LogP contribution is 2.46. The second-order valence-corrected chi connectivity index (χ2v) is 22.1. The summed E-state index contributed by atoms with van der Waals surface area (Å²) in [5.74, 6) is -1.77. The molecule has 7 rings (SSSR count). The van der Waals surface area contributed by atoms with Gasteiger partial charge in [0.15, 0.2) is 25.5 Å². The number of carboxylic acid groups (broad SMARTS) is 1. The van der Waals surface area contributed by atoms with Crippen LogP contribution in [0.15, 0.2) is 95.2 Å². The van der Waals surface area contributed by atoms with E-state index in [0.717, 1.165) is 25.1 Å². The number of hydrogen-bond donors (Lipinski definition) is 5. The van der Waals surface area contributed by atoms with Gasteiger partial charge in [0.05, 0.1) is 17.2 Å². The van der Waals surface area contributed by atoms with Crippen LogP contribution in [0, 0.1) is 41.5 Å². The maximum absolute atomic E-state index is 13.5. The van der Waals surface area contributed by atoms with Gasteiger partial charge in [-0.3, -0.25) is 28.8 Å². The Morgan fingerprint density at radius 3 is 1.50 bits per heavy atom. The summed E-state index contributed by atoms with van der Waals surface area (Å²) < 4.78 is 45.5. The molecule has 2 atom stereocenters. The molecule has 4 aromatic rings. The summed E-state index contributed by atoms with van der Waals surface area (Å²) in [6.07, 6.45) is 6.54. The van der Waals surface area contributed by atoms with Crippen LogP contribution in [0.3, 0.4) is 0 Å². The number of sulfone groups is 2. The minimum Gasteiger partial charge on any atom is -0.508 e. The Bertz CT molecular complexity index is 2850. The van der Waals surface area contributed by atoms with E-state index in [1.54, 1.807) is 24.3 Å². The number of allylic oxidation sites excluding steroid dienone is 3. The van der Waals surface area contributed by atoms with E-state index in [4.69, 9.17) is 15.0 Å². The molecule has 2 aliphatic carbocycles. The van der Waals surface area contributed by atoms with E-state index in [2.05, 4.69) is 71.1 Å². The molecular formula is C53H66N2O13S2. The zero-order chi connectivity index (χ0) is 52.1. The molecule has 0 amide bonds. The normalized spacial score (nSPS) is 16.5. The van der Waals surface area contributed by atoms with Crippen molar-refractivity contribution >= 4 is 55.1 Å². The van der Waals surface area contributed by atoms with Crippen LogP contribution in [0.5, 0.6) is 11.5 Å². The van der Waals surface area contributed by atoms with Crippen LogP contribution in [0.4, 0.5) is 0 Å². The zero-order valence-electron chi connectivity index (χ0n) is 41.5. The van der Waals surface area contributed by atoms with Crippen LogP contribution in [-0.2, 0) is 43.6 Å². The van der Waals surface area contributed by atoms with Crippen molar-refractivity contribution in [3.05, 3.63) is 151 Å². The van der Waals surface area contributed by atoms with Gasteiger partial charge in [0, 0.05) is 61.7 Å². The van der Waals surface area contributed by atoms with Gasteiger partial charge in [-0.2, -0.15) is 0 Å². The molecule has 70 heavy (non-hydrogen) atoms. The van der Waals surface area contributed by atoms with E-state index in [1.165, 1.54) is 81.9 Å². The Kier molecular flexibility index (Phi) is 22.0. The summed E-state index contributed by atoms with van der Waals surface area (Å²) in [6.45, 7) is 14.8. The summed E-state index contributed by atoms with van der Waals surface area (Å²) >= 11 is 0. The minimum atomic E-state index is -3.56. The molecule has 3 aliphatic rings. The van der Waals surface area contributed by atoms with Crippen LogP contribution in [0.25, 0.3) is 0 Å². The number of rotatable bonds is 7. The Labute approximate surface area is 411 Å². The first-order valence-corrected chi connectivity index (χ1v) is 26.0. The van der Waals surface area contributed by atoms with E-state index in [-0.39, 0.29) is 69.7 Å². The van der Waals surface area contributed by atoms with E-state index >= 15 is 0 Å². The Morgan fingerprint density at radius 1 is 0.686 bits per heavy atom. The average Bonchev–Trinajstić information content (AvgIpc) is 3.18. The van der Waals surface area contributed by atoms with E-state index < -0.39 is 31.6 Å². The molecule has 0 saturated heterocycles. The molecule has 0 spiro atoms. The lowest BCUT2D eigenvalue weighted by atomic mass is 9.73. The Balaban J connectivity index is 0.000000359. The fourth-order valence-electron chi connectivity index (χ4n) is 9.17. The summed E-state index contributed by atoms with van der Waals surface area (Å²) in [4.78, 5) is 65.8. The number of aryl methyl sites for hydroxylation is 6. The molecule has 1 fully saturated rings. The maximum Gasteiger partial charge on any atom is 0.300 e. The standard InChI is InChI=1S/C25H27NO4S.C15H18O2.C7H6O2.C4H8O3S.C2H4O2.H3N/c1-14-8-15(2)23(16(3)9-14)18-11-20-25(21(28)12-18)24(17-6-5-7-19(27)10-17)22(13-26-20)31(4,29)30;1-9-4-10(2)15(11(3)5-9)12-6-13(16)8-14(17)7-12;8-5-6-2-1-3-7(9)4-6;1-4(5)3-8(2,6)7;1-2(3)4;/h5-10,13,18,24,26-27H,11-12H2,1-4H3;4-5,12H,6-8H2,1-3H3;1-5,9H;3H2,1-2H3;1H3,(H,3,4);1H3. The molecule has 15 nitrogen and oxygen atoms in total. The lowest BCUT2D eigenvalue weighted by molar-refractivity contribution is -0.134. The van der Waals surface area contributed by atoms with Crippen molar-refractivity contribution in [3.63, 3.8) is 0 Å². The number of dihydropyridines is 1. The highest BCUT2D eigenvalue weighted by atomic mass is 32.2. The van der Waals surface area contributed by atoms with E-state index in [0.29, 0.717) is 48.7 Å². The molecule has 17 heteroatoms. The van der Waals surface area contributed by atoms with Gasteiger partial charge in [0.25, 0.3) is 5.97 Å². The predicted octanol–water partition coefficient (Wildman–Crippen LogP) is 8.39. The van der Waals surface area contributed by atoms with Crippen molar-refractivity contribution < 1.29 is 60.9 Å². The van der Waals surface area contributed by atoms with Crippen molar-refractivity contribution in [1.29, 1.82) is 0 Å². The van der Waals surface area contributed by atoms with Crippen LogP contribution < -0.4 is 11.5 Å². The van der Waals surface area contributed by atoms with Gasteiger partial charge in [-0.25, -0.2) is 16.8 Å². The molecule has 1 aliphatic heterocycles. The van der Waals surface area contributed by atoms with Crippen LogP contribution in [-0.4, -0.2) is 85.8 Å². The summed E-state index contributed by atoms with van der Waals surface area (Å²) in [5, 5.41) is 29.3. The molecular weight excluding hydrogens is 937 g/mol. The third-order valence-electron chi connectivity index (χ3n) is 11.2. The number of benzene rings is 4. The highest BCUT2D eigenvalue weighted by molar-refractivity contribution is 7.94. The quantitative estimate of drug-likeness (QED) is 0.0859. The topological polar surface area (TPSA) is 278 Å². The first kappa shape index (κ1) is 59.6. The van der Waals surface area contributed by atoms with Gasteiger partial charge in [0.2, 0.25) is 0 Å². The van der Waals surface area contributed by atoms with Crippen molar-refractivity contribution in [2.24, 2.45) is 0 Å². The average molecular weight is 1000 g/mol. The monoisotopic (exact) mass is 1000 g/mol. The minimum absolute atomic E-state index is 0. The lowest BCUT2D eigenvalue weighted by Gasteiger charge is -2.35. The Morgan fingerprint density at radius 2 is 1.13 bits per heavy atom. The first-order chi connectivity index (χ1) is 32.0. The molecule has 0 aromatic heterocycles. The fraction of sp³-hybridized carbons (Fsp3) is 0.358. The summed E-state index contributed by atoms with van der Waals surface area (Å²) in [6, 6.07) is 21.2. The number of aliphatic carboxylic acids is 1. The number of aromatic hydroxyl groups is 2. The SMILES string of the molecule is CC(=O)CS(C)(=O)=O.CC(=O)O.Cc1cc(C)c(C2CC(=O)C3=C(C2)NC=C(S(C)(=O)=O)C3c2cccc(O)c2)c(C)c1.Cc1cc(C)c(C2CC(=O)CC(=O)C2)c(C)c1.N.O=Cc1cccc(O)c1. The number of hydrogen-bond acceptors (Lipinski definition) is 14. The maximum atomic E-state index is 13.5.